The molecule has 0 amide bonds. The van der Waals surface area contributed by atoms with Crippen LogP contribution in [0.2, 0.25) is 5.15 Å². The maximum atomic E-state index is 5.76. The molecule has 0 aliphatic carbocycles. The minimum absolute atomic E-state index is 0.538. The first-order chi connectivity index (χ1) is 7.29. The van der Waals surface area contributed by atoms with Crippen LogP contribution in [0.3, 0.4) is 0 Å². The predicted octanol–water partition coefficient (Wildman–Crippen LogP) is 4.10. The minimum atomic E-state index is 0.538. The average Bonchev–Trinajstić information content (AvgIpc) is 2.65. The summed E-state index contributed by atoms with van der Waals surface area (Å²) in [7, 11) is 0. The van der Waals surface area contributed by atoms with E-state index in [9.17, 15) is 0 Å². The lowest BCUT2D eigenvalue weighted by atomic mass is 10.1. The summed E-state index contributed by atoms with van der Waals surface area (Å²) < 4.78 is 0. The van der Waals surface area contributed by atoms with Crippen LogP contribution in [-0.2, 0) is 6.42 Å². The molecule has 0 saturated carbocycles. The van der Waals surface area contributed by atoms with Crippen LogP contribution in [0.1, 0.15) is 12.5 Å². The SMILES string of the molecule is CCc1ccccc1Nc1nc(Cl)cs1. The second kappa shape index (κ2) is 4.64. The van der Waals surface area contributed by atoms with E-state index in [0.29, 0.717) is 5.15 Å². The van der Waals surface area contributed by atoms with Crippen molar-refractivity contribution < 1.29 is 0 Å². The van der Waals surface area contributed by atoms with Crippen molar-refractivity contribution in [1.82, 2.24) is 4.98 Å². The second-order valence-corrected chi connectivity index (χ2v) is 4.36. The van der Waals surface area contributed by atoms with Gasteiger partial charge in [-0.3, -0.25) is 0 Å². The predicted molar refractivity (Wildman–Crippen MR) is 66.2 cm³/mol. The van der Waals surface area contributed by atoms with Gasteiger partial charge in [0.05, 0.1) is 0 Å². The molecule has 2 rings (SSSR count). The molecule has 0 fully saturated rings. The molecule has 2 aromatic rings. The van der Waals surface area contributed by atoms with Gasteiger partial charge in [0.15, 0.2) is 5.13 Å². The van der Waals surface area contributed by atoms with E-state index in [1.54, 1.807) is 0 Å². The Morgan fingerprint density at radius 3 is 2.87 bits per heavy atom. The number of rotatable bonds is 3. The molecule has 1 heterocycles. The zero-order chi connectivity index (χ0) is 10.7. The highest BCUT2D eigenvalue weighted by molar-refractivity contribution is 7.14. The van der Waals surface area contributed by atoms with E-state index in [0.717, 1.165) is 17.2 Å². The van der Waals surface area contributed by atoms with Gasteiger partial charge >= 0.3 is 0 Å². The lowest BCUT2D eigenvalue weighted by Gasteiger charge is -2.07. The number of halogens is 1. The number of benzene rings is 1. The zero-order valence-electron chi connectivity index (χ0n) is 8.33. The largest absolute Gasteiger partial charge is 0.331 e. The lowest BCUT2D eigenvalue weighted by Crippen LogP contribution is -1.93. The molecule has 0 aliphatic heterocycles. The Kier molecular flexibility index (Phi) is 3.23. The number of para-hydroxylation sites is 1. The van der Waals surface area contributed by atoms with Crippen molar-refractivity contribution in [3.05, 3.63) is 40.4 Å². The molecule has 78 valence electrons. The zero-order valence-corrected chi connectivity index (χ0v) is 9.90. The number of aromatic nitrogens is 1. The Morgan fingerprint density at radius 2 is 2.20 bits per heavy atom. The van der Waals surface area contributed by atoms with Crippen molar-refractivity contribution in [2.24, 2.45) is 0 Å². The van der Waals surface area contributed by atoms with Gasteiger partial charge in [-0.1, -0.05) is 36.7 Å². The summed E-state index contributed by atoms with van der Waals surface area (Å²) in [6, 6.07) is 8.21. The summed E-state index contributed by atoms with van der Waals surface area (Å²) >= 11 is 7.27. The third-order valence-electron chi connectivity index (χ3n) is 2.12. The number of hydrogen-bond acceptors (Lipinski definition) is 3. The van der Waals surface area contributed by atoms with Gasteiger partial charge in [-0.2, -0.15) is 0 Å². The van der Waals surface area contributed by atoms with Gasteiger partial charge < -0.3 is 5.32 Å². The molecular weight excluding hydrogens is 228 g/mol. The highest BCUT2D eigenvalue weighted by Crippen LogP contribution is 2.25. The number of nitrogens with one attached hydrogen (secondary N) is 1. The Balaban J connectivity index is 2.23. The molecule has 1 N–H and O–H groups in total. The summed E-state index contributed by atoms with van der Waals surface area (Å²) in [5.74, 6) is 0. The molecule has 0 unspecified atom stereocenters. The van der Waals surface area contributed by atoms with Crippen molar-refractivity contribution in [3.8, 4) is 0 Å². The van der Waals surface area contributed by atoms with Crippen LogP contribution >= 0.6 is 22.9 Å². The quantitative estimate of drug-likeness (QED) is 0.871. The van der Waals surface area contributed by atoms with Crippen molar-refractivity contribution in [3.63, 3.8) is 0 Å². The number of hydrogen-bond donors (Lipinski definition) is 1. The van der Waals surface area contributed by atoms with Gasteiger partial charge in [0.1, 0.15) is 5.15 Å². The van der Waals surface area contributed by atoms with Crippen molar-refractivity contribution in [2.45, 2.75) is 13.3 Å². The summed E-state index contributed by atoms with van der Waals surface area (Å²) in [6.07, 6.45) is 1.00. The number of aryl methyl sites for hydroxylation is 1. The van der Waals surface area contributed by atoms with Crippen LogP contribution in [0.5, 0.6) is 0 Å². The Labute approximate surface area is 97.9 Å². The highest BCUT2D eigenvalue weighted by Gasteiger charge is 2.03. The van der Waals surface area contributed by atoms with E-state index in [4.69, 9.17) is 11.6 Å². The maximum absolute atomic E-state index is 5.76. The smallest absolute Gasteiger partial charge is 0.188 e. The van der Waals surface area contributed by atoms with Crippen molar-refractivity contribution in [1.29, 1.82) is 0 Å². The number of anilines is 2. The van der Waals surface area contributed by atoms with Crippen LogP contribution in [0, 0.1) is 0 Å². The Morgan fingerprint density at radius 1 is 1.40 bits per heavy atom. The maximum Gasteiger partial charge on any atom is 0.188 e. The monoisotopic (exact) mass is 238 g/mol. The van der Waals surface area contributed by atoms with Crippen molar-refractivity contribution in [2.75, 3.05) is 5.32 Å². The van der Waals surface area contributed by atoms with Gasteiger partial charge in [0.2, 0.25) is 0 Å². The first-order valence-electron chi connectivity index (χ1n) is 4.75. The summed E-state index contributed by atoms with van der Waals surface area (Å²) in [6.45, 7) is 2.13. The van der Waals surface area contributed by atoms with Gasteiger partial charge in [0.25, 0.3) is 0 Å². The van der Waals surface area contributed by atoms with Crippen molar-refractivity contribution >= 4 is 33.8 Å². The fraction of sp³-hybridized carbons (Fsp3) is 0.182. The molecule has 1 aromatic heterocycles. The lowest BCUT2D eigenvalue weighted by molar-refractivity contribution is 1.14. The first kappa shape index (κ1) is 10.5. The third kappa shape index (κ3) is 2.49. The van der Waals surface area contributed by atoms with Crippen LogP contribution < -0.4 is 5.32 Å². The average molecular weight is 239 g/mol. The molecular formula is C11H11ClN2S. The summed E-state index contributed by atoms with van der Waals surface area (Å²) in [5.41, 5.74) is 2.38. The van der Waals surface area contributed by atoms with Gasteiger partial charge in [-0.15, -0.1) is 11.3 Å². The normalized spacial score (nSPS) is 10.3. The minimum Gasteiger partial charge on any atom is -0.331 e. The van der Waals surface area contributed by atoms with Crippen LogP contribution in [0.4, 0.5) is 10.8 Å². The van der Waals surface area contributed by atoms with Crippen LogP contribution in [-0.4, -0.2) is 4.98 Å². The van der Waals surface area contributed by atoms with Gasteiger partial charge in [0, 0.05) is 11.1 Å². The molecule has 4 heteroatoms. The number of nitrogens with zero attached hydrogens (tertiary/aromatic N) is 1. The number of thiazole rings is 1. The topological polar surface area (TPSA) is 24.9 Å². The first-order valence-corrected chi connectivity index (χ1v) is 6.01. The third-order valence-corrected chi connectivity index (χ3v) is 3.20. The van der Waals surface area contributed by atoms with Gasteiger partial charge in [-0.25, -0.2) is 4.98 Å². The van der Waals surface area contributed by atoms with E-state index in [1.807, 2.05) is 23.6 Å². The summed E-state index contributed by atoms with van der Waals surface area (Å²) in [5, 5.41) is 6.46. The Hall–Kier alpha value is -1.06. The van der Waals surface area contributed by atoms with E-state index in [1.165, 1.54) is 16.9 Å². The van der Waals surface area contributed by atoms with E-state index < -0.39 is 0 Å². The highest BCUT2D eigenvalue weighted by atomic mass is 35.5. The molecule has 0 aliphatic rings. The molecule has 15 heavy (non-hydrogen) atoms. The molecule has 0 saturated heterocycles. The van der Waals surface area contributed by atoms with E-state index in [2.05, 4.69) is 23.3 Å². The van der Waals surface area contributed by atoms with E-state index in [-0.39, 0.29) is 0 Å². The fourth-order valence-corrected chi connectivity index (χ4v) is 2.23. The molecule has 2 nitrogen and oxygen atoms in total. The van der Waals surface area contributed by atoms with Crippen LogP contribution in [0.25, 0.3) is 0 Å². The summed E-state index contributed by atoms with van der Waals surface area (Å²) in [4.78, 5) is 4.15. The molecule has 0 bridgehead atoms. The van der Waals surface area contributed by atoms with Gasteiger partial charge in [-0.05, 0) is 18.1 Å². The molecule has 0 radical (unpaired) electrons. The molecule has 1 aromatic carbocycles. The van der Waals surface area contributed by atoms with E-state index >= 15 is 0 Å². The fourth-order valence-electron chi connectivity index (χ4n) is 1.38. The molecule has 0 spiro atoms. The Bertz CT molecular complexity index is 453. The standard InChI is InChI=1S/C11H11ClN2S/c1-2-8-5-3-4-6-9(8)13-11-14-10(12)7-15-11/h3-7H,2H2,1H3,(H,13,14). The van der Waals surface area contributed by atoms with Crippen LogP contribution in [0.15, 0.2) is 29.6 Å². The molecule has 0 atom stereocenters. The second-order valence-electron chi connectivity index (χ2n) is 3.11.